The number of rotatable bonds is 6. The maximum atomic E-state index is 5.61. The van der Waals surface area contributed by atoms with E-state index < -0.39 is 0 Å². The van der Waals surface area contributed by atoms with Crippen LogP contribution in [-0.4, -0.2) is 63.9 Å². The van der Waals surface area contributed by atoms with Gasteiger partial charge in [-0.2, -0.15) is 0 Å². The highest BCUT2D eigenvalue weighted by molar-refractivity contribution is 5.63. The minimum absolute atomic E-state index is 0.445. The average Bonchev–Trinajstić information content (AvgIpc) is 3.58. The topological polar surface area (TPSA) is 19.0 Å². The van der Waals surface area contributed by atoms with Crippen LogP contribution in [0.4, 0.5) is 11.4 Å². The molecule has 4 heteroatoms. The number of nitrogens with zero attached hydrogens (tertiary/aromatic N) is 3. The van der Waals surface area contributed by atoms with Crippen molar-refractivity contribution >= 4 is 11.4 Å². The zero-order chi connectivity index (χ0) is 22.1. The van der Waals surface area contributed by atoms with Crippen LogP contribution < -0.4 is 9.80 Å². The van der Waals surface area contributed by atoms with Crippen molar-refractivity contribution in [2.45, 2.75) is 77.2 Å². The summed E-state index contributed by atoms with van der Waals surface area (Å²) in [7, 11) is 1.86. The van der Waals surface area contributed by atoms with E-state index in [0.717, 1.165) is 43.2 Å². The molecule has 0 unspecified atom stereocenters. The third-order valence-electron chi connectivity index (χ3n) is 8.93. The van der Waals surface area contributed by atoms with E-state index in [1.54, 1.807) is 11.3 Å². The van der Waals surface area contributed by atoms with Crippen LogP contribution in [0.3, 0.4) is 0 Å². The molecule has 2 saturated heterocycles. The van der Waals surface area contributed by atoms with Gasteiger partial charge < -0.3 is 14.5 Å². The number of piperidine rings is 1. The molecule has 0 radical (unpaired) electrons. The number of benzene rings is 1. The Balaban J connectivity index is 1.34. The van der Waals surface area contributed by atoms with Gasteiger partial charge >= 0.3 is 0 Å². The molecule has 178 valence electrons. The van der Waals surface area contributed by atoms with E-state index in [9.17, 15) is 0 Å². The largest absolute Gasteiger partial charge is 0.381 e. The van der Waals surface area contributed by atoms with Crippen LogP contribution in [0.25, 0.3) is 0 Å². The highest BCUT2D eigenvalue weighted by Gasteiger charge is 2.45. The molecule has 0 aromatic heterocycles. The van der Waals surface area contributed by atoms with Gasteiger partial charge in [-0.25, -0.2) is 0 Å². The van der Waals surface area contributed by atoms with E-state index >= 15 is 0 Å². The summed E-state index contributed by atoms with van der Waals surface area (Å²) in [6, 6.07) is 7.49. The van der Waals surface area contributed by atoms with Crippen molar-refractivity contribution < 1.29 is 4.74 Å². The van der Waals surface area contributed by atoms with Crippen LogP contribution in [0.2, 0.25) is 0 Å². The van der Waals surface area contributed by atoms with Gasteiger partial charge in [0, 0.05) is 64.3 Å². The van der Waals surface area contributed by atoms with Crippen molar-refractivity contribution in [2.75, 3.05) is 62.7 Å². The molecular weight excluding hydrogens is 394 g/mol. The Morgan fingerprint density at radius 2 is 1.56 bits per heavy atom. The van der Waals surface area contributed by atoms with Crippen LogP contribution in [0.5, 0.6) is 0 Å². The van der Waals surface area contributed by atoms with Gasteiger partial charge in [0.2, 0.25) is 0 Å². The molecule has 4 aliphatic rings. The predicted molar refractivity (Wildman–Crippen MR) is 135 cm³/mol. The molecule has 32 heavy (non-hydrogen) atoms. The first-order chi connectivity index (χ1) is 15.5. The minimum atomic E-state index is 0.445. The second kappa shape index (κ2) is 9.54. The van der Waals surface area contributed by atoms with Gasteiger partial charge in [-0.1, -0.05) is 13.8 Å². The molecule has 2 aliphatic carbocycles. The lowest BCUT2D eigenvalue weighted by Gasteiger charge is -2.40. The molecule has 1 spiro atoms. The van der Waals surface area contributed by atoms with Crippen molar-refractivity contribution in [1.29, 1.82) is 0 Å². The molecule has 0 atom stereocenters. The fourth-order valence-corrected chi connectivity index (χ4v) is 6.61. The number of ether oxygens (including phenoxy) is 1. The Bertz CT molecular complexity index is 748. The second-order valence-corrected chi connectivity index (χ2v) is 11.6. The van der Waals surface area contributed by atoms with Crippen molar-refractivity contribution in [3.05, 3.63) is 23.8 Å². The van der Waals surface area contributed by atoms with Crippen LogP contribution in [0, 0.1) is 11.3 Å². The zero-order valence-corrected chi connectivity index (χ0v) is 20.8. The van der Waals surface area contributed by atoms with Gasteiger partial charge in [0.25, 0.3) is 0 Å². The standard InChI is InChI=1S/C28H45N3O/c1-22(2)21-29-16-18-31(19-17-29)27-5-4-24(30-14-8-25(32-3)9-15-30)20-26(27)23-6-10-28(11-7-23)12-13-28/h4-5,20,22-23,25H,6-19,21H2,1-3H3. The molecule has 2 heterocycles. The Hall–Kier alpha value is -1.26. The van der Waals surface area contributed by atoms with E-state index in [1.807, 2.05) is 7.11 Å². The molecular formula is C28H45N3O. The number of methoxy groups -OCH3 is 1. The third-order valence-corrected chi connectivity index (χ3v) is 8.93. The molecule has 4 nitrogen and oxygen atoms in total. The summed E-state index contributed by atoms with van der Waals surface area (Å²) < 4.78 is 5.61. The van der Waals surface area contributed by atoms with Crippen LogP contribution in [0.1, 0.15) is 76.7 Å². The highest BCUT2D eigenvalue weighted by atomic mass is 16.5. The van der Waals surface area contributed by atoms with Gasteiger partial charge in [0.1, 0.15) is 0 Å². The summed E-state index contributed by atoms with van der Waals surface area (Å²) in [6.45, 7) is 12.9. The van der Waals surface area contributed by atoms with Crippen LogP contribution >= 0.6 is 0 Å². The molecule has 0 amide bonds. The van der Waals surface area contributed by atoms with Gasteiger partial charge in [-0.05, 0) is 92.4 Å². The van der Waals surface area contributed by atoms with E-state index in [0.29, 0.717) is 6.10 Å². The van der Waals surface area contributed by atoms with Crippen molar-refractivity contribution in [3.63, 3.8) is 0 Å². The normalized spacial score (nSPS) is 25.1. The van der Waals surface area contributed by atoms with Crippen molar-refractivity contribution in [2.24, 2.45) is 11.3 Å². The molecule has 4 fully saturated rings. The Morgan fingerprint density at radius 3 is 2.16 bits per heavy atom. The summed E-state index contributed by atoms with van der Waals surface area (Å²) >= 11 is 0. The number of anilines is 2. The monoisotopic (exact) mass is 439 g/mol. The first-order valence-electron chi connectivity index (χ1n) is 13.4. The summed E-state index contributed by atoms with van der Waals surface area (Å²) in [5.41, 5.74) is 5.41. The minimum Gasteiger partial charge on any atom is -0.381 e. The number of piperazine rings is 1. The Kier molecular flexibility index (Phi) is 6.72. The van der Waals surface area contributed by atoms with E-state index in [-0.39, 0.29) is 0 Å². The molecule has 2 aliphatic heterocycles. The molecule has 2 saturated carbocycles. The van der Waals surface area contributed by atoms with E-state index in [4.69, 9.17) is 4.74 Å². The molecule has 1 aromatic rings. The predicted octanol–water partition coefficient (Wildman–Crippen LogP) is 5.52. The number of hydrogen-bond donors (Lipinski definition) is 0. The SMILES string of the molecule is COC1CCN(c2ccc(N3CCN(CC(C)C)CC3)c(C3CCC4(CC3)CC4)c2)CC1. The van der Waals surface area contributed by atoms with Crippen molar-refractivity contribution in [3.8, 4) is 0 Å². The van der Waals surface area contributed by atoms with Crippen LogP contribution in [-0.2, 0) is 4.74 Å². The van der Waals surface area contributed by atoms with E-state index in [2.05, 4.69) is 46.7 Å². The van der Waals surface area contributed by atoms with Gasteiger partial charge in [0.05, 0.1) is 6.10 Å². The quantitative estimate of drug-likeness (QED) is 0.581. The number of hydrogen-bond acceptors (Lipinski definition) is 4. The molecule has 1 aromatic carbocycles. The zero-order valence-electron chi connectivity index (χ0n) is 20.8. The lowest BCUT2D eigenvalue weighted by molar-refractivity contribution is 0.0819. The Morgan fingerprint density at radius 1 is 0.875 bits per heavy atom. The van der Waals surface area contributed by atoms with E-state index in [1.165, 1.54) is 76.9 Å². The fourth-order valence-electron chi connectivity index (χ4n) is 6.61. The summed E-state index contributed by atoms with van der Waals surface area (Å²) in [6.07, 6.45) is 11.5. The van der Waals surface area contributed by atoms with Crippen molar-refractivity contribution in [1.82, 2.24) is 4.90 Å². The molecule has 0 N–H and O–H groups in total. The molecule has 5 rings (SSSR count). The summed E-state index contributed by atoms with van der Waals surface area (Å²) in [5.74, 6) is 1.51. The van der Waals surface area contributed by atoms with Gasteiger partial charge in [0.15, 0.2) is 0 Å². The average molecular weight is 440 g/mol. The lowest BCUT2D eigenvalue weighted by atomic mass is 9.76. The summed E-state index contributed by atoms with van der Waals surface area (Å²) in [5, 5.41) is 0. The molecule has 0 bridgehead atoms. The maximum Gasteiger partial charge on any atom is 0.0605 e. The lowest BCUT2D eigenvalue weighted by Crippen LogP contribution is -2.47. The first-order valence-corrected chi connectivity index (χ1v) is 13.4. The summed E-state index contributed by atoms with van der Waals surface area (Å²) in [4.78, 5) is 7.97. The fraction of sp³-hybridized carbons (Fsp3) is 0.786. The third kappa shape index (κ3) is 4.97. The first kappa shape index (κ1) is 22.5. The van der Waals surface area contributed by atoms with Gasteiger partial charge in [-0.15, -0.1) is 0 Å². The second-order valence-electron chi connectivity index (χ2n) is 11.6. The van der Waals surface area contributed by atoms with Crippen LogP contribution in [0.15, 0.2) is 18.2 Å². The smallest absolute Gasteiger partial charge is 0.0605 e. The maximum absolute atomic E-state index is 5.61. The Labute approximate surface area is 196 Å². The van der Waals surface area contributed by atoms with Gasteiger partial charge in [-0.3, -0.25) is 4.90 Å². The highest BCUT2D eigenvalue weighted by Crippen LogP contribution is 2.59.